The molecule has 0 aliphatic carbocycles. The molecule has 0 rings (SSSR count). The van der Waals surface area contributed by atoms with E-state index in [4.69, 9.17) is 0 Å². The number of rotatable bonds is 3. The summed E-state index contributed by atoms with van der Waals surface area (Å²) in [5.41, 5.74) is 0. The molecule has 0 bridgehead atoms. The molecule has 0 saturated heterocycles. The third-order valence-electron chi connectivity index (χ3n) is 0.753. The summed E-state index contributed by atoms with van der Waals surface area (Å²) in [6.45, 7) is 6.07. The van der Waals surface area contributed by atoms with Crippen molar-refractivity contribution in [2.24, 2.45) is 15.9 Å². The third kappa shape index (κ3) is 7.08. The molecule has 0 aromatic rings. The van der Waals surface area contributed by atoms with Gasteiger partial charge in [0, 0.05) is 12.4 Å². The fourth-order valence-corrected chi connectivity index (χ4v) is 0.374. The first-order chi connectivity index (χ1) is 4.77. The Morgan fingerprint density at radius 1 is 1.20 bits per heavy atom. The Morgan fingerprint density at radius 3 is 2.40 bits per heavy atom. The molecule has 0 aromatic heterocycles. The molecule has 0 unspecified atom stereocenters. The SMILES string of the molecule is C\C=C/N=C\N=C/C(C)C. The van der Waals surface area contributed by atoms with Gasteiger partial charge in [0.15, 0.2) is 0 Å². The first-order valence-electron chi connectivity index (χ1n) is 3.43. The summed E-state index contributed by atoms with van der Waals surface area (Å²) in [5.74, 6) is 0.497. The smallest absolute Gasteiger partial charge is 0.114 e. The minimum atomic E-state index is 0.497. The molecule has 10 heavy (non-hydrogen) atoms. The van der Waals surface area contributed by atoms with E-state index < -0.39 is 0 Å². The molecule has 0 spiro atoms. The summed E-state index contributed by atoms with van der Waals surface area (Å²) in [5, 5.41) is 0. The molecule has 0 N–H and O–H groups in total. The van der Waals surface area contributed by atoms with Crippen molar-refractivity contribution in [3.8, 4) is 0 Å². The normalized spacial score (nSPS) is 13.2. The van der Waals surface area contributed by atoms with E-state index in [1.165, 1.54) is 0 Å². The summed E-state index contributed by atoms with van der Waals surface area (Å²) in [6.07, 6.45) is 6.96. The Hall–Kier alpha value is -0.920. The van der Waals surface area contributed by atoms with Gasteiger partial charge in [-0.2, -0.15) is 0 Å². The maximum Gasteiger partial charge on any atom is 0.114 e. The minimum absolute atomic E-state index is 0.497. The van der Waals surface area contributed by atoms with Crippen molar-refractivity contribution in [3.63, 3.8) is 0 Å². The summed E-state index contributed by atoms with van der Waals surface area (Å²) in [7, 11) is 0. The van der Waals surface area contributed by atoms with Crippen molar-refractivity contribution in [1.82, 2.24) is 0 Å². The maximum atomic E-state index is 3.94. The first-order valence-corrected chi connectivity index (χ1v) is 3.43. The summed E-state index contributed by atoms with van der Waals surface area (Å²) in [6, 6.07) is 0. The van der Waals surface area contributed by atoms with Gasteiger partial charge in [-0.25, -0.2) is 9.98 Å². The number of nitrogens with zero attached hydrogens (tertiary/aromatic N) is 2. The van der Waals surface area contributed by atoms with Crippen LogP contribution in [0.25, 0.3) is 0 Å². The molecule has 0 saturated carbocycles. The molecule has 56 valence electrons. The highest BCUT2D eigenvalue weighted by molar-refractivity contribution is 5.73. The van der Waals surface area contributed by atoms with E-state index in [0.29, 0.717) is 5.92 Å². The van der Waals surface area contributed by atoms with Crippen LogP contribution in [0.15, 0.2) is 22.3 Å². The fraction of sp³-hybridized carbons (Fsp3) is 0.500. The lowest BCUT2D eigenvalue weighted by molar-refractivity contribution is 0.909. The summed E-state index contributed by atoms with van der Waals surface area (Å²) >= 11 is 0. The van der Waals surface area contributed by atoms with E-state index in [0.717, 1.165) is 0 Å². The second-order valence-corrected chi connectivity index (χ2v) is 2.29. The molecular weight excluding hydrogens is 124 g/mol. The van der Waals surface area contributed by atoms with Gasteiger partial charge in [0.2, 0.25) is 0 Å². The maximum absolute atomic E-state index is 3.94. The van der Waals surface area contributed by atoms with Gasteiger partial charge >= 0.3 is 0 Å². The average Bonchev–Trinajstić information content (AvgIpc) is 1.87. The van der Waals surface area contributed by atoms with Gasteiger partial charge in [-0.05, 0) is 12.8 Å². The second kappa shape index (κ2) is 6.20. The van der Waals surface area contributed by atoms with Crippen LogP contribution in [0.1, 0.15) is 20.8 Å². The van der Waals surface area contributed by atoms with Crippen molar-refractivity contribution < 1.29 is 0 Å². The molecule has 0 aliphatic rings. The zero-order chi connectivity index (χ0) is 7.82. The Labute approximate surface area is 62.4 Å². The highest BCUT2D eigenvalue weighted by atomic mass is 14.8. The highest BCUT2D eigenvalue weighted by Crippen LogP contribution is 1.83. The van der Waals surface area contributed by atoms with Crippen molar-refractivity contribution in [3.05, 3.63) is 12.3 Å². The highest BCUT2D eigenvalue weighted by Gasteiger charge is 1.79. The number of allylic oxidation sites excluding steroid dienone is 1. The predicted octanol–water partition coefficient (Wildman–Crippen LogP) is 2.28. The minimum Gasteiger partial charge on any atom is -0.249 e. The quantitative estimate of drug-likeness (QED) is 0.422. The van der Waals surface area contributed by atoms with Gasteiger partial charge in [-0.3, -0.25) is 0 Å². The molecule has 0 amide bonds. The zero-order valence-corrected chi connectivity index (χ0v) is 6.78. The average molecular weight is 138 g/mol. The molecule has 0 atom stereocenters. The lowest BCUT2D eigenvalue weighted by atomic mass is 10.3. The van der Waals surface area contributed by atoms with Gasteiger partial charge in [-0.1, -0.05) is 19.9 Å². The monoisotopic (exact) mass is 138 g/mol. The van der Waals surface area contributed by atoms with Gasteiger partial charge in [0.1, 0.15) is 6.34 Å². The van der Waals surface area contributed by atoms with Gasteiger partial charge in [0.25, 0.3) is 0 Å². The van der Waals surface area contributed by atoms with Crippen LogP contribution < -0.4 is 0 Å². The number of hydrogen-bond acceptors (Lipinski definition) is 1. The molecule has 0 fully saturated rings. The third-order valence-corrected chi connectivity index (χ3v) is 0.753. The van der Waals surface area contributed by atoms with Crippen LogP contribution in [0.4, 0.5) is 0 Å². The van der Waals surface area contributed by atoms with Gasteiger partial charge in [0.05, 0.1) is 0 Å². The molecule has 0 aliphatic heterocycles. The molecule has 2 nitrogen and oxygen atoms in total. The summed E-state index contributed by atoms with van der Waals surface area (Å²) < 4.78 is 0. The Bertz CT molecular complexity index is 143. The van der Waals surface area contributed by atoms with Crippen LogP contribution in [-0.4, -0.2) is 12.6 Å². The zero-order valence-electron chi connectivity index (χ0n) is 6.78. The van der Waals surface area contributed by atoms with Crippen LogP contribution >= 0.6 is 0 Å². The standard InChI is InChI=1S/C8H14N2/c1-4-5-9-7-10-6-8(2)3/h4-8H,1-3H3/b5-4-,9-7-,10-6-. The van der Waals surface area contributed by atoms with Gasteiger partial charge < -0.3 is 0 Å². The van der Waals surface area contributed by atoms with Crippen LogP contribution in [0.2, 0.25) is 0 Å². The Morgan fingerprint density at radius 2 is 1.90 bits per heavy atom. The molecular formula is C8H14N2. The molecule has 0 heterocycles. The van der Waals surface area contributed by atoms with Crippen molar-refractivity contribution in [2.45, 2.75) is 20.8 Å². The van der Waals surface area contributed by atoms with E-state index in [2.05, 4.69) is 23.8 Å². The first kappa shape index (κ1) is 9.08. The predicted molar refractivity (Wildman–Crippen MR) is 46.6 cm³/mol. The van der Waals surface area contributed by atoms with Gasteiger partial charge in [-0.15, -0.1) is 0 Å². The topological polar surface area (TPSA) is 24.7 Å². The fourth-order valence-electron chi connectivity index (χ4n) is 0.374. The van der Waals surface area contributed by atoms with Crippen molar-refractivity contribution in [2.75, 3.05) is 0 Å². The van der Waals surface area contributed by atoms with Crippen LogP contribution in [0, 0.1) is 5.92 Å². The number of hydrogen-bond donors (Lipinski definition) is 0. The Balaban J connectivity index is 3.51. The van der Waals surface area contributed by atoms with Crippen LogP contribution in [-0.2, 0) is 0 Å². The molecule has 0 radical (unpaired) electrons. The van der Waals surface area contributed by atoms with E-state index in [9.17, 15) is 0 Å². The lowest BCUT2D eigenvalue weighted by Crippen LogP contribution is -1.85. The largest absolute Gasteiger partial charge is 0.249 e. The molecule has 0 aromatic carbocycles. The summed E-state index contributed by atoms with van der Waals surface area (Å²) in [4.78, 5) is 7.80. The van der Waals surface area contributed by atoms with Crippen molar-refractivity contribution >= 4 is 12.6 Å². The van der Waals surface area contributed by atoms with E-state index >= 15 is 0 Å². The van der Waals surface area contributed by atoms with E-state index in [1.807, 2.05) is 19.2 Å². The van der Waals surface area contributed by atoms with Crippen molar-refractivity contribution in [1.29, 1.82) is 0 Å². The second-order valence-electron chi connectivity index (χ2n) is 2.29. The van der Waals surface area contributed by atoms with E-state index in [1.54, 1.807) is 12.5 Å². The Kier molecular flexibility index (Phi) is 5.63. The number of aliphatic imine (C=N–C) groups is 2. The lowest BCUT2D eigenvalue weighted by Gasteiger charge is -1.86. The van der Waals surface area contributed by atoms with Crippen LogP contribution in [0.5, 0.6) is 0 Å². The molecule has 2 heteroatoms. The van der Waals surface area contributed by atoms with Crippen LogP contribution in [0.3, 0.4) is 0 Å². The van der Waals surface area contributed by atoms with E-state index in [-0.39, 0.29) is 0 Å².